The van der Waals surface area contributed by atoms with Crippen molar-refractivity contribution < 1.29 is 0 Å². The minimum Gasteiger partial charge on any atom is -0.352 e. The summed E-state index contributed by atoms with van der Waals surface area (Å²) in [5, 5.41) is 3.99. The van der Waals surface area contributed by atoms with Crippen LogP contribution in [0.5, 0.6) is 0 Å². The van der Waals surface area contributed by atoms with Gasteiger partial charge < -0.3 is 5.32 Å². The zero-order valence-electron chi connectivity index (χ0n) is 7.50. The number of aliphatic imine (C=N–C) groups is 1. The molecule has 1 aliphatic heterocycles. The number of hydrazine groups is 1. The van der Waals surface area contributed by atoms with Gasteiger partial charge in [0.2, 0.25) is 5.96 Å². The molecular weight excluding hydrogens is 172 g/mol. The molecule has 2 atom stereocenters. The van der Waals surface area contributed by atoms with Crippen molar-refractivity contribution in [3.63, 3.8) is 0 Å². The van der Waals surface area contributed by atoms with Crippen molar-refractivity contribution in [2.45, 2.75) is 24.6 Å². The van der Waals surface area contributed by atoms with Crippen molar-refractivity contribution >= 4 is 17.7 Å². The van der Waals surface area contributed by atoms with Gasteiger partial charge in [-0.15, -0.1) is 0 Å². The molecule has 1 heterocycles. The first-order valence-electron chi connectivity index (χ1n) is 4.07. The van der Waals surface area contributed by atoms with Gasteiger partial charge in [-0.2, -0.15) is 11.8 Å². The highest BCUT2D eigenvalue weighted by Gasteiger charge is 2.21. The van der Waals surface area contributed by atoms with Crippen molar-refractivity contribution in [1.29, 1.82) is 0 Å². The highest BCUT2D eigenvalue weighted by molar-refractivity contribution is 8.00. The van der Waals surface area contributed by atoms with Crippen LogP contribution in [0.4, 0.5) is 0 Å². The molecule has 0 aromatic rings. The van der Waals surface area contributed by atoms with Gasteiger partial charge in [-0.3, -0.25) is 10.4 Å². The van der Waals surface area contributed by atoms with Gasteiger partial charge in [-0.25, -0.2) is 5.84 Å². The Bertz CT molecular complexity index is 171. The second-order valence-electron chi connectivity index (χ2n) is 2.94. The molecule has 4 N–H and O–H groups in total. The molecule has 1 rings (SSSR count). The monoisotopic (exact) mass is 188 g/mol. The van der Waals surface area contributed by atoms with Crippen LogP contribution in [0.3, 0.4) is 0 Å². The molecule has 70 valence electrons. The van der Waals surface area contributed by atoms with Gasteiger partial charge in [-0.05, 0) is 6.42 Å². The fourth-order valence-corrected chi connectivity index (χ4v) is 2.43. The van der Waals surface area contributed by atoms with Crippen LogP contribution in [-0.2, 0) is 0 Å². The van der Waals surface area contributed by atoms with Gasteiger partial charge in [0.1, 0.15) is 0 Å². The molecule has 0 aromatic heterocycles. The Hall–Kier alpha value is -0.420. The Morgan fingerprint density at radius 2 is 2.42 bits per heavy atom. The number of hydrogen-bond donors (Lipinski definition) is 3. The maximum absolute atomic E-state index is 5.25. The van der Waals surface area contributed by atoms with Crippen molar-refractivity contribution in [2.24, 2.45) is 10.8 Å². The summed E-state index contributed by atoms with van der Waals surface area (Å²) in [6.45, 7) is 2.24. The van der Waals surface area contributed by atoms with E-state index in [9.17, 15) is 0 Å². The SMILES string of the molecule is CN=C(NN)NC1CSC(C)C1. The number of thioether (sulfide) groups is 1. The van der Waals surface area contributed by atoms with E-state index in [0.29, 0.717) is 12.0 Å². The summed E-state index contributed by atoms with van der Waals surface area (Å²) in [5.41, 5.74) is 2.52. The van der Waals surface area contributed by atoms with Crippen molar-refractivity contribution in [2.75, 3.05) is 12.8 Å². The highest BCUT2D eigenvalue weighted by atomic mass is 32.2. The molecule has 1 fully saturated rings. The minimum absolute atomic E-state index is 0.514. The van der Waals surface area contributed by atoms with E-state index >= 15 is 0 Å². The van der Waals surface area contributed by atoms with Crippen LogP contribution in [0.25, 0.3) is 0 Å². The van der Waals surface area contributed by atoms with Crippen molar-refractivity contribution in [3.05, 3.63) is 0 Å². The second-order valence-corrected chi connectivity index (χ2v) is 4.41. The van der Waals surface area contributed by atoms with E-state index < -0.39 is 0 Å². The Morgan fingerprint density at radius 3 is 2.83 bits per heavy atom. The zero-order valence-corrected chi connectivity index (χ0v) is 8.32. The molecule has 0 saturated carbocycles. The zero-order chi connectivity index (χ0) is 8.97. The van der Waals surface area contributed by atoms with E-state index in [0.717, 1.165) is 11.0 Å². The van der Waals surface area contributed by atoms with Crippen molar-refractivity contribution in [3.8, 4) is 0 Å². The number of nitrogens with zero attached hydrogens (tertiary/aromatic N) is 1. The van der Waals surface area contributed by atoms with E-state index in [2.05, 4.69) is 22.7 Å². The third-order valence-electron chi connectivity index (χ3n) is 1.90. The molecular formula is C7H16N4S. The summed E-state index contributed by atoms with van der Waals surface area (Å²) in [6, 6.07) is 0.514. The summed E-state index contributed by atoms with van der Waals surface area (Å²) in [4.78, 5) is 3.96. The Morgan fingerprint density at radius 1 is 1.67 bits per heavy atom. The number of rotatable bonds is 1. The van der Waals surface area contributed by atoms with Gasteiger partial charge in [-0.1, -0.05) is 6.92 Å². The molecule has 1 saturated heterocycles. The summed E-state index contributed by atoms with van der Waals surface area (Å²) in [7, 11) is 1.72. The van der Waals surface area contributed by atoms with Gasteiger partial charge >= 0.3 is 0 Å². The fourth-order valence-electron chi connectivity index (χ4n) is 1.28. The maximum atomic E-state index is 5.25. The predicted molar refractivity (Wildman–Crippen MR) is 54.1 cm³/mol. The lowest BCUT2D eigenvalue weighted by Gasteiger charge is -2.13. The maximum Gasteiger partial charge on any atom is 0.205 e. The first-order valence-corrected chi connectivity index (χ1v) is 5.12. The van der Waals surface area contributed by atoms with Crippen LogP contribution < -0.4 is 16.6 Å². The van der Waals surface area contributed by atoms with E-state index in [1.807, 2.05) is 11.8 Å². The Balaban J connectivity index is 2.31. The molecule has 5 heteroatoms. The summed E-state index contributed by atoms with van der Waals surface area (Å²) in [5.74, 6) is 7.06. The minimum atomic E-state index is 0.514. The first-order chi connectivity index (χ1) is 5.76. The van der Waals surface area contributed by atoms with Crippen LogP contribution in [0, 0.1) is 0 Å². The summed E-state index contributed by atoms with van der Waals surface area (Å²) >= 11 is 1.98. The molecule has 4 nitrogen and oxygen atoms in total. The Labute approximate surface area is 77.4 Å². The molecule has 0 radical (unpaired) electrons. The molecule has 0 aliphatic carbocycles. The van der Waals surface area contributed by atoms with Crippen LogP contribution in [0.15, 0.2) is 4.99 Å². The smallest absolute Gasteiger partial charge is 0.205 e. The third-order valence-corrected chi connectivity index (χ3v) is 3.26. The van der Waals surface area contributed by atoms with Crippen LogP contribution in [0.2, 0.25) is 0 Å². The van der Waals surface area contributed by atoms with Crippen LogP contribution in [-0.4, -0.2) is 30.1 Å². The molecule has 1 aliphatic rings. The lowest BCUT2D eigenvalue weighted by Crippen LogP contribution is -2.46. The molecule has 0 spiro atoms. The second kappa shape index (κ2) is 4.57. The van der Waals surface area contributed by atoms with Gasteiger partial charge in [0.05, 0.1) is 0 Å². The fraction of sp³-hybridized carbons (Fsp3) is 0.857. The van der Waals surface area contributed by atoms with E-state index in [1.54, 1.807) is 7.05 Å². The predicted octanol–water partition coefficient (Wildman–Crippen LogP) is -0.0809. The van der Waals surface area contributed by atoms with E-state index in [-0.39, 0.29) is 0 Å². The number of hydrogen-bond acceptors (Lipinski definition) is 3. The van der Waals surface area contributed by atoms with Crippen LogP contribution >= 0.6 is 11.8 Å². The summed E-state index contributed by atoms with van der Waals surface area (Å²) < 4.78 is 0. The van der Waals surface area contributed by atoms with Gasteiger partial charge in [0, 0.05) is 24.1 Å². The first kappa shape index (κ1) is 9.67. The lowest BCUT2D eigenvalue weighted by molar-refractivity contribution is 0.627. The van der Waals surface area contributed by atoms with Gasteiger partial charge in [0.15, 0.2) is 0 Å². The van der Waals surface area contributed by atoms with E-state index in [4.69, 9.17) is 5.84 Å². The van der Waals surface area contributed by atoms with Gasteiger partial charge in [0.25, 0.3) is 0 Å². The number of nitrogens with one attached hydrogen (secondary N) is 2. The lowest BCUT2D eigenvalue weighted by atomic mass is 10.2. The average molecular weight is 188 g/mol. The topological polar surface area (TPSA) is 62.4 Å². The standard InChI is InChI=1S/C7H16N4S/c1-5-3-6(4-12-5)10-7(9-2)11-8/h5-6H,3-4,8H2,1-2H3,(H2,9,10,11). The molecule has 12 heavy (non-hydrogen) atoms. The van der Waals surface area contributed by atoms with Crippen molar-refractivity contribution in [1.82, 2.24) is 10.7 Å². The quantitative estimate of drug-likeness (QED) is 0.233. The highest BCUT2D eigenvalue weighted by Crippen LogP contribution is 2.25. The third kappa shape index (κ3) is 2.57. The molecule has 0 aromatic carbocycles. The number of nitrogens with two attached hydrogens (primary N) is 1. The average Bonchev–Trinajstić information content (AvgIpc) is 2.47. The number of guanidine groups is 1. The summed E-state index contributed by atoms with van der Waals surface area (Å²) in [6.07, 6.45) is 1.19. The largest absolute Gasteiger partial charge is 0.352 e. The Kier molecular flexibility index (Phi) is 3.68. The van der Waals surface area contributed by atoms with Crippen LogP contribution in [0.1, 0.15) is 13.3 Å². The molecule has 0 bridgehead atoms. The van der Waals surface area contributed by atoms with E-state index in [1.165, 1.54) is 6.42 Å². The molecule has 2 unspecified atom stereocenters. The molecule has 0 amide bonds. The normalized spacial score (nSPS) is 30.4.